The maximum absolute atomic E-state index is 12.6. The monoisotopic (exact) mass is 421 g/mol. The molecule has 150 valence electrons. The summed E-state index contributed by atoms with van der Waals surface area (Å²) in [6, 6.07) is 14.7. The fourth-order valence-electron chi connectivity index (χ4n) is 3.22. The maximum Gasteiger partial charge on any atom is 0.241 e. The van der Waals surface area contributed by atoms with E-state index in [-0.39, 0.29) is 11.9 Å². The Morgan fingerprint density at radius 1 is 1.07 bits per heavy atom. The third-order valence-electron chi connectivity index (χ3n) is 4.88. The first-order valence-electron chi connectivity index (χ1n) is 9.42. The third kappa shape index (κ3) is 6.11. The standard InChI is InChI=1S/C21H25Cl2N3O2/c1-16(21(27)24-19-14-17(22)13-18(23)15-19)26-9-7-25(8-10-26)11-12-28-20-5-3-2-4-6-20/h2-6,13-16H,7-12H2,1H3,(H,24,27)/t16-/m1/s1. The van der Waals surface area contributed by atoms with E-state index < -0.39 is 0 Å². The number of carbonyl (C=O) groups is 1. The van der Waals surface area contributed by atoms with Crippen molar-refractivity contribution in [1.29, 1.82) is 0 Å². The van der Waals surface area contributed by atoms with E-state index in [1.807, 2.05) is 37.3 Å². The van der Waals surface area contributed by atoms with E-state index in [1.165, 1.54) is 0 Å². The largest absolute Gasteiger partial charge is 0.492 e. The molecule has 2 aromatic carbocycles. The van der Waals surface area contributed by atoms with Crippen LogP contribution in [0.15, 0.2) is 48.5 Å². The lowest BCUT2D eigenvalue weighted by Crippen LogP contribution is -2.53. The minimum Gasteiger partial charge on any atom is -0.492 e. The number of halogens is 2. The number of hydrogen-bond acceptors (Lipinski definition) is 4. The second kappa shape index (κ2) is 10.1. The number of hydrogen-bond donors (Lipinski definition) is 1. The predicted molar refractivity (Wildman–Crippen MR) is 115 cm³/mol. The molecule has 0 radical (unpaired) electrons. The van der Waals surface area contributed by atoms with Crippen LogP contribution >= 0.6 is 23.2 Å². The van der Waals surface area contributed by atoms with Crippen LogP contribution in [0.25, 0.3) is 0 Å². The van der Waals surface area contributed by atoms with Gasteiger partial charge < -0.3 is 10.1 Å². The summed E-state index contributed by atoms with van der Waals surface area (Å²) in [5.41, 5.74) is 0.617. The van der Waals surface area contributed by atoms with Gasteiger partial charge in [0.15, 0.2) is 0 Å². The van der Waals surface area contributed by atoms with E-state index in [1.54, 1.807) is 18.2 Å². The first-order chi connectivity index (χ1) is 13.5. The van der Waals surface area contributed by atoms with Crippen LogP contribution in [0.3, 0.4) is 0 Å². The number of carbonyl (C=O) groups excluding carboxylic acids is 1. The van der Waals surface area contributed by atoms with Crippen molar-refractivity contribution < 1.29 is 9.53 Å². The maximum atomic E-state index is 12.6. The number of benzene rings is 2. The summed E-state index contributed by atoms with van der Waals surface area (Å²) < 4.78 is 5.77. The Hall–Kier alpha value is -1.79. The predicted octanol–water partition coefficient (Wildman–Crippen LogP) is 4.02. The lowest BCUT2D eigenvalue weighted by molar-refractivity contribution is -0.121. The molecule has 2 aromatic rings. The SMILES string of the molecule is C[C@H](C(=O)Nc1cc(Cl)cc(Cl)c1)N1CCN(CCOc2ccccc2)CC1. The van der Waals surface area contributed by atoms with Crippen molar-refractivity contribution in [1.82, 2.24) is 9.80 Å². The van der Waals surface area contributed by atoms with Crippen molar-refractivity contribution in [2.45, 2.75) is 13.0 Å². The Morgan fingerprint density at radius 3 is 2.36 bits per heavy atom. The molecule has 28 heavy (non-hydrogen) atoms. The topological polar surface area (TPSA) is 44.8 Å². The van der Waals surface area contributed by atoms with Crippen molar-refractivity contribution in [3.8, 4) is 5.75 Å². The average Bonchev–Trinajstić information content (AvgIpc) is 2.68. The second-order valence-electron chi connectivity index (χ2n) is 6.86. The summed E-state index contributed by atoms with van der Waals surface area (Å²) in [6.45, 7) is 6.99. The van der Waals surface area contributed by atoms with Gasteiger partial charge in [-0.1, -0.05) is 41.4 Å². The quantitative estimate of drug-likeness (QED) is 0.732. The van der Waals surface area contributed by atoms with Crippen LogP contribution in [-0.4, -0.2) is 61.1 Å². The Morgan fingerprint density at radius 2 is 1.71 bits per heavy atom. The molecule has 3 rings (SSSR count). The molecule has 0 saturated carbocycles. The molecule has 1 N–H and O–H groups in total. The number of anilines is 1. The van der Waals surface area contributed by atoms with Gasteiger partial charge >= 0.3 is 0 Å². The van der Waals surface area contributed by atoms with E-state index in [0.717, 1.165) is 38.5 Å². The summed E-state index contributed by atoms with van der Waals surface area (Å²) in [7, 11) is 0. The molecule has 1 amide bonds. The first kappa shape index (κ1) is 20.9. The zero-order valence-electron chi connectivity index (χ0n) is 15.9. The van der Waals surface area contributed by atoms with Crippen LogP contribution in [0.1, 0.15) is 6.92 Å². The van der Waals surface area contributed by atoms with Crippen LogP contribution in [0, 0.1) is 0 Å². The zero-order valence-corrected chi connectivity index (χ0v) is 17.4. The lowest BCUT2D eigenvalue weighted by Gasteiger charge is -2.37. The van der Waals surface area contributed by atoms with Gasteiger partial charge in [0.1, 0.15) is 12.4 Å². The molecule has 0 aliphatic carbocycles. The first-order valence-corrected chi connectivity index (χ1v) is 10.2. The minimum atomic E-state index is -0.222. The highest BCUT2D eigenvalue weighted by molar-refractivity contribution is 6.35. The summed E-state index contributed by atoms with van der Waals surface area (Å²) >= 11 is 12.0. The molecule has 5 nitrogen and oxygen atoms in total. The van der Waals surface area contributed by atoms with Crippen LogP contribution in [-0.2, 0) is 4.79 Å². The Bertz CT molecular complexity index is 760. The molecule has 0 spiro atoms. The zero-order chi connectivity index (χ0) is 19.9. The van der Waals surface area contributed by atoms with E-state index in [2.05, 4.69) is 15.1 Å². The van der Waals surface area contributed by atoms with Crippen LogP contribution in [0.2, 0.25) is 10.0 Å². The van der Waals surface area contributed by atoms with Gasteiger partial charge in [-0.3, -0.25) is 14.6 Å². The summed E-state index contributed by atoms with van der Waals surface area (Å²) in [5, 5.41) is 3.90. The van der Waals surface area contributed by atoms with Gasteiger partial charge in [0, 0.05) is 48.5 Å². The molecule has 1 aliphatic rings. The van der Waals surface area contributed by atoms with E-state index >= 15 is 0 Å². The Kier molecular flexibility index (Phi) is 7.57. The number of para-hydroxylation sites is 1. The molecule has 1 heterocycles. The molecule has 1 saturated heterocycles. The van der Waals surface area contributed by atoms with Crippen LogP contribution < -0.4 is 10.1 Å². The number of piperazine rings is 1. The summed E-state index contributed by atoms with van der Waals surface area (Å²) in [6.07, 6.45) is 0. The molecule has 0 aromatic heterocycles. The Balaban J connectivity index is 1.41. The highest BCUT2D eigenvalue weighted by Crippen LogP contribution is 2.23. The van der Waals surface area contributed by atoms with Gasteiger partial charge in [-0.15, -0.1) is 0 Å². The number of ether oxygens (including phenoxy) is 1. The molecule has 1 aliphatic heterocycles. The van der Waals surface area contributed by atoms with Gasteiger partial charge in [0.25, 0.3) is 0 Å². The number of nitrogens with zero attached hydrogens (tertiary/aromatic N) is 2. The van der Waals surface area contributed by atoms with Crippen LogP contribution in [0.5, 0.6) is 5.75 Å². The highest BCUT2D eigenvalue weighted by Gasteiger charge is 2.25. The average molecular weight is 422 g/mol. The van der Waals surface area contributed by atoms with Gasteiger partial charge in [-0.2, -0.15) is 0 Å². The molecule has 7 heteroatoms. The van der Waals surface area contributed by atoms with Gasteiger partial charge in [0.2, 0.25) is 5.91 Å². The molecular formula is C21H25Cl2N3O2. The third-order valence-corrected chi connectivity index (χ3v) is 5.32. The van der Waals surface area contributed by atoms with Crippen molar-refractivity contribution in [3.05, 3.63) is 58.6 Å². The number of rotatable bonds is 7. The molecule has 1 fully saturated rings. The molecular weight excluding hydrogens is 397 g/mol. The lowest BCUT2D eigenvalue weighted by atomic mass is 10.2. The highest BCUT2D eigenvalue weighted by atomic mass is 35.5. The van der Waals surface area contributed by atoms with Gasteiger partial charge in [0.05, 0.1) is 6.04 Å². The Labute approximate surface area is 176 Å². The van der Waals surface area contributed by atoms with Crippen molar-refractivity contribution in [2.24, 2.45) is 0 Å². The molecule has 0 bridgehead atoms. The molecule has 0 unspecified atom stereocenters. The summed E-state index contributed by atoms with van der Waals surface area (Å²) in [4.78, 5) is 17.1. The number of amides is 1. The van der Waals surface area contributed by atoms with Crippen molar-refractivity contribution >= 4 is 34.8 Å². The van der Waals surface area contributed by atoms with Crippen LogP contribution in [0.4, 0.5) is 5.69 Å². The van der Waals surface area contributed by atoms with E-state index in [9.17, 15) is 4.79 Å². The fraction of sp³-hybridized carbons (Fsp3) is 0.381. The fourth-order valence-corrected chi connectivity index (χ4v) is 3.75. The van der Waals surface area contributed by atoms with E-state index in [4.69, 9.17) is 27.9 Å². The van der Waals surface area contributed by atoms with Gasteiger partial charge in [-0.25, -0.2) is 0 Å². The van der Waals surface area contributed by atoms with E-state index in [0.29, 0.717) is 22.3 Å². The van der Waals surface area contributed by atoms with Crippen molar-refractivity contribution in [3.63, 3.8) is 0 Å². The number of nitrogens with one attached hydrogen (secondary N) is 1. The summed E-state index contributed by atoms with van der Waals surface area (Å²) in [5.74, 6) is 0.840. The smallest absolute Gasteiger partial charge is 0.241 e. The second-order valence-corrected chi connectivity index (χ2v) is 7.74. The van der Waals surface area contributed by atoms with Gasteiger partial charge in [-0.05, 0) is 37.3 Å². The van der Waals surface area contributed by atoms with Crippen molar-refractivity contribution in [2.75, 3.05) is 44.6 Å². The minimum absolute atomic E-state index is 0.0563. The molecule has 1 atom stereocenters. The normalized spacial score (nSPS) is 16.5.